The van der Waals surface area contributed by atoms with Gasteiger partial charge in [-0.1, -0.05) is 29.3 Å². The second-order valence-corrected chi connectivity index (χ2v) is 8.28. The van der Waals surface area contributed by atoms with E-state index < -0.39 is 0 Å². The Morgan fingerprint density at radius 1 is 1.20 bits per heavy atom. The van der Waals surface area contributed by atoms with Crippen molar-refractivity contribution in [3.8, 4) is 11.6 Å². The summed E-state index contributed by atoms with van der Waals surface area (Å²) in [6.07, 6.45) is 4.80. The molecule has 0 aliphatic carbocycles. The highest BCUT2D eigenvalue weighted by atomic mass is 35.5. The molecule has 10 nitrogen and oxygen atoms in total. The number of amides is 2. The zero-order valence-corrected chi connectivity index (χ0v) is 20.7. The number of anilines is 2. The van der Waals surface area contributed by atoms with Crippen LogP contribution in [0.5, 0.6) is 11.6 Å². The largest absolute Gasteiger partial charge is 0.492 e. The summed E-state index contributed by atoms with van der Waals surface area (Å²) in [5.41, 5.74) is 2.27. The lowest BCUT2D eigenvalue weighted by molar-refractivity contribution is -0.131. The third-order valence-corrected chi connectivity index (χ3v) is 5.24. The Balaban J connectivity index is 1.38. The summed E-state index contributed by atoms with van der Waals surface area (Å²) >= 11 is 5.96. The lowest BCUT2D eigenvalue weighted by Crippen LogP contribution is -2.33. The minimum absolute atomic E-state index is 0.0556. The van der Waals surface area contributed by atoms with Crippen LogP contribution in [-0.4, -0.2) is 65.3 Å². The van der Waals surface area contributed by atoms with Crippen LogP contribution in [0, 0.1) is 6.92 Å². The number of hydrogen-bond donors (Lipinski definition) is 2. The Kier molecular flexibility index (Phi) is 9.31. The molecule has 0 aliphatic heterocycles. The predicted molar refractivity (Wildman–Crippen MR) is 134 cm³/mol. The molecule has 3 aromatic rings. The van der Waals surface area contributed by atoms with Crippen molar-refractivity contribution >= 4 is 34.8 Å². The van der Waals surface area contributed by atoms with Gasteiger partial charge in [0, 0.05) is 32.4 Å². The standard InChI is InChI=1S/C24H29ClN6O4/c1-17-4-6-20(7-5-17)35-11-10-30(2)23(33)16-31-15-19(14-28-31)29-22(32)8-9-26-21-12-18(25)13-27-24(21)34-3/h4-7,12-15,26H,8-11,16H2,1-3H3,(H,29,32). The number of halogens is 1. The number of aromatic nitrogens is 3. The molecule has 0 bridgehead atoms. The van der Waals surface area contributed by atoms with Gasteiger partial charge in [0.15, 0.2) is 0 Å². The van der Waals surface area contributed by atoms with Crippen LogP contribution in [0.4, 0.5) is 11.4 Å². The van der Waals surface area contributed by atoms with Crippen LogP contribution >= 0.6 is 11.6 Å². The van der Waals surface area contributed by atoms with Gasteiger partial charge in [-0.3, -0.25) is 14.3 Å². The van der Waals surface area contributed by atoms with Gasteiger partial charge in [-0.25, -0.2) is 4.98 Å². The number of benzene rings is 1. The first kappa shape index (κ1) is 25.8. The number of nitrogens with zero attached hydrogens (tertiary/aromatic N) is 4. The minimum Gasteiger partial charge on any atom is -0.492 e. The number of hydrogen-bond acceptors (Lipinski definition) is 7. The lowest BCUT2D eigenvalue weighted by atomic mass is 10.2. The normalized spacial score (nSPS) is 10.5. The molecular weight excluding hydrogens is 472 g/mol. The van der Waals surface area contributed by atoms with E-state index in [1.54, 1.807) is 24.2 Å². The van der Waals surface area contributed by atoms with E-state index >= 15 is 0 Å². The van der Waals surface area contributed by atoms with Crippen molar-refractivity contribution in [2.45, 2.75) is 19.9 Å². The zero-order valence-electron chi connectivity index (χ0n) is 20.0. The summed E-state index contributed by atoms with van der Waals surface area (Å²) in [7, 11) is 3.22. The average Bonchev–Trinajstić information content (AvgIpc) is 3.26. The molecule has 2 amide bonds. The van der Waals surface area contributed by atoms with Crippen molar-refractivity contribution in [2.24, 2.45) is 0 Å². The first-order valence-corrected chi connectivity index (χ1v) is 11.4. The number of rotatable bonds is 12. The quantitative estimate of drug-likeness (QED) is 0.393. The monoisotopic (exact) mass is 500 g/mol. The molecule has 186 valence electrons. The van der Waals surface area contributed by atoms with Crippen LogP contribution in [0.1, 0.15) is 12.0 Å². The van der Waals surface area contributed by atoms with E-state index in [9.17, 15) is 9.59 Å². The van der Waals surface area contributed by atoms with E-state index in [1.807, 2.05) is 31.2 Å². The van der Waals surface area contributed by atoms with E-state index in [1.165, 1.54) is 24.2 Å². The second kappa shape index (κ2) is 12.6. The molecule has 2 aromatic heterocycles. The third-order valence-electron chi connectivity index (χ3n) is 5.04. The number of ether oxygens (including phenoxy) is 2. The first-order chi connectivity index (χ1) is 16.8. The summed E-state index contributed by atoms with van der Waals surface area (Å²) in [5, 5.41) is 10.5. The average molecular weight is 501 g/mol. The Morgan fingerprint density at radius 2 is 1.97 bits per heavy atom. The molecule has 11 heteroatoms. The van der Waals surface area contributed by atoms with E-state index in [0.717, 1.165) is 11.3 Å². The number of aryl methyl sites for hydroxylation is 1. The SMILES string of the molecule is COc1ncc(Cl)cc1NCCC(=O)Nc1cnn(CC(=O)N(C)CCOc2ccc(C)cc2)c1. The van der Waals surface area contributed by atoms with Gasteiger partial charge in [0.25, 0.3) is 0 Å². The van der Waals surface area contributed by atoms with Gasteiger partial charge in [-0.05, 0) is 25.1 Å². The van der Waals surface area contributed by atoms with Gasteiger partial charge >= 0.3 is 0 Å². The summed E-state index contributed by atoms with van der Waals surface area (Å²) in [6, 6.07) is 9.43. The number of likely N-dealkylation sites (N-methyl/N-ethyl adjacent to an activating group) is 1. The Labute approximate surface area is 209 Å². The topological polar surface area (TPSA) is 111 Å². The van der Waals surface area contributed by atoms with Crippen LogP contribution in [0.25, 0.3) is 0 Å². The molecule has 0 radical (unpaired) electrons. The molecule has 0 fully saturated rings. The van der Waals surface area contributed by atoms with Crippen LogP contribution in [0.2, 0.25) is 5.02 Å². The summed E-state index contributed by atoms with van der Waals surface area (Å²) in [6.45, 7) is 3.25. The lowest BCUT2D eigenvalue weighted by Gasteiger charge is -2.17. The van der Waals surface area contributed by atoms with Gasteiger partial charge in [0.2, 0.25) is 17.7 Å². The molecule has 0 spiro atoms. The molecule has 0 atom stereocenters. The van der Waals surface area contributed by atoms with Crippen LogP contribution < -0.4 is 20.1 Å². The summed E-state index contributed by atoms with van der Waals surface area (Å²) < 4.78 is 12.3. The number of methoxy groups -OCH3 is 1. The number of carbonyl (C=O) groups excluding carboxylic acids is 2. The highest BCUT2D eigenvalue weighted by Gasteiger charge is 2.12. The van der Waals surface area contributed by atoms with Crippen molar-refractivity contribution in [1.29, 1.82) is 0 Å². The summed E-state index contributed by atoms with van der Waals surface area (Å²) in [4.78, 5) is 30.4. The first-order valence-electron chi connectivity index (χ1n) is 11.0. The fourth-order valence-electron chi connectivity index (χ4n) is 3.08. The van der Waals surface area contributed by atoms with E-state index in [-0.39, 0.29) is 24.8 Å². The molecule has 0 unspecified atom stereocenters. The van der Waals surface area contributed by atoms with E-state index in [0.29, 0.717) is 42.0 Å². The van der Waals surface area contributed by atoms with Gasteiger partial charge < -0.3 is 25.0 Å². The van der Waals surface area contributed by atoms with Crippen LogP contribution in [-0.2, 0) is 16.1 Å². The maximum absolute atomic E-state index is 12.5. The number of pyridine rings is 1. The molecule has 35 heavy (non-hydrogen) atoms. The molecule has 3 rings (SSSR count). The Hall–Kier alpha value is -3.79. The number of nitrogens with one attached hydrogen (secondary N) is 2. The maximum atomic E-state index is 12.5. The van der Waals surface area contributed by atoms with Crippen molar-refractivity contribution in [2.75, 3.05) is 44.5 Å². The molecule has 0 saturated heterocycles. The Morgan fingerprint density at radius 3 is 2.71 bits per heavy atom. The van der Waals surface area contributed by atoms with Crippen molar-refractivity contribution in [3.63, 3.8) is 0 Å². The van der Waals surface area contributed by atoms with Gasteiger partial charge in [-0.2, -0.15) is 5.10 Å². The molecule has 0 aliphatic rings. The van der Waals surface area contributed by atoms with E-state index in [2.05, 4.69) is 20.7 Å². The maximum Gasteiger partial charge on any atom is 0.244 e. The van der Waals surface area contributed by atoms with Gasteiger partial charge in [0.1, 0.15) is 18.9 Å². The third kappa shape index (κ3) is 8.18. The fourth-order valence-corrected chi connectivity index (χ4v) is 3.24. The smallest absolute Gasteiger partial charge is 0.244 e. The fraction of sp³-hybridized carbons (Fsp3) is 0.333. The molecular formula is C24H29ClN6O4. The van der Waals surface area contributed by atoms with E-state index in [4.69, 9.17) is 21.1 Å². The molecule has 2 N–H and O–H groups in total. The highest BCUT2D eigenvalue weighted by molar-refractivity contribution is 6.30. The predicted octanol–water partition coefficient (Wildman–Crippen LogP) is 3.23. The summed E-state index contributed by atoms with van der Waals surface area (Å²) in [5.74, 6) is 0.837. The van der Waals surface area contributed by atoms with Crippen molar-refractivity contribution < 1.29 is 19.1 Å². The van der Waals surface area contributed by atoms with Crippen molar-refractivity contribution in [1.82, 2.24) is 19.7 Å². The number of carbonyl (C=O) groups is 2. The van der Waals surface area contributed by atoms with Crippen molar-refractivity contribution in [3.05, 3.63) is 59.5 Å². The molecule has 0 saturated carbocycles. The van der Waals surface area contributed by atoms with Crippen LogP contribution in [0.3, 0.4) is 0 Å². The zero-order chi connectivity index (χ0) is 25.2. The molecule has 2 heterocycles. The van der Waals surface area contributed by atoms with Gasteiger partial charge in [0.05, 0.1) is 36.2 Å². The highest BCUT2D eigenvalue weighted by Crippen LogP contribution is 2.24. The van der Waals surface area contributed by atoms with Crippen LogP contribution in [0.15, 0.2) is 48.9 Å². The molecule has 1 aromatic carbocycles. The Bertz CT molecular complexity index is 1140. The van der Waals surface area contributed by atoms with Gasteiger partial charge in [-0.15, -0.1) is 0 Å². The second-order valence-electron chi connectivity index (χ2n) is 7.84. The minimum atomic E-state index is -0.206.